The molecule has 2 N–H and O–H groups in total. The summed E-state index contributed by atoms with van der Waals surface area (Å²) in [6, 6.07) is 8.27. The highest BCUT2D eigenvalue weighted by molar-refractivity contribution is 5.89. The van der Waals surface area contributed by atoms with Crippen LogP contribution in [-0.2, 0) is 11.2 Å². The molecule has 3 rings (SSSR count). The number of hydrogen-bond donors (Lipinski definition) is 2. The van der Waals surface area contributed by atoms with Crippen molar-refractivity contribution in [1.29, 1.82) is 0 Å². The molecular weight excluding hydrogens is 426 g/mol. The first-order valence-corrected chi connectivity index (χ1v) is 12.8. The second kappa shape index (κ2) is 12.3. The smallest absolute Gasteiger partial charge is 0.407 e. The lowest BCUT2D eigenvalue weighted by Gasteiger charge is -2.28. The molecule has 0 bridgehead atoms. The van der Waals surface area contributed by atoms with E-state index < -0.39 is 5.60 Å². The maximum Gasteiger partial charge on any atom is 0.407 e. The largest absolute Gasteiger partial charge is 0.444 e. The number of benzene rings is 1. The number of ether oxygens (including phenoxy) is 1. The van der Waals surface area contributed by atoms with Gasteiger partial charge in [-0.3, -0.25) is 0 Å². The second-order valence-corrected chi connectivity index (χ2v) is 10.8. The highest BCUT2D eigenvalue weighted by Gasteiger charge is 2.21. The molecule has 1 heterocycles. The summed E-state index contributed by atoms with van der Waals surface area (Å²) in [5.41, 5.74) is 0.582. The van der Waals surface area contributed by atoms with Crippen molar-refractivity contribution in [3.8, 4) is 0 Å². The van der Waals surface area contributed by atoms with E-state index in [1.807, 2.05) is 47.0 Å². The van der Waals surface area contributed by atoms with Gasteiger partial charge in [0, 0.05) is 39.0 Å². The average Bonchev–Trinajstić information content (AvgIpc) is 2.78. The zero-order chi connectivity index (χ0) is 24.6. The minimum atomic E-state index is -0.451. The fourth-order valence-electron chi connectivity index (χ4n) is 4.71. The quantitative estimate of drug-likeness (QED) is 0.480. The van der Waals surface area contributed by atoms with E-state index in [1.54, 1.807) is 0 Å². The molecular formula is C27H43N5O2. The van der Waals surface area contributed by atoms with Crippen molar-refractivity contribution in [2.45, 2.75) is 71.3 Å². The molecule has 34 heavy (non-hydrogen) atoms. The number of amides is 1. The number of rotatable bonds is 10. The van der Waals surface area contributed by atoms with Crippen molar-refractivity contribution < 1.29 is 9.53 Å². The number of aromatic nitrogens is 2. The van der Waals surface area contributed by atoms with E-state index in [4.69, 9.17) is 14.7 Å². The summed E-state index contributed by atoms with van der Waals surface area (Å²) >= 11 is 0. The minimum absolute atomic E-state index is 0.346. The summed E-state index contributed by atoms with van der Waals surface area (Å²) in [6.07, 6.45) is 8.19. The highest BCUT2D eigenvalue weighted by Crippen LogP contribution is 2.31. The Labute approximate surface area is 205 Å². The first-order valence-electron chi connectivity index (χ1n) is 12.8. The number of fused-ring (bicyclic) bond motifs is 1. The molecule has 1 saturated carbocycles. The summed E-state index contributed by atoms with van der Waals surface area (Å²) in [4.78, 5) is 23.4. The Morgan fingerprint density at radius 2 is 1.76 bits per heavy atom. The van der Waals surface area contributed by atoms with Gasteiger partial charge in [0.05, 0.1) is 5.52 Å². The van der Waals surface area contributed by atoms with Gasteiger partial charge in [0.1, 0.15) is 17.2 Å². The lowest BCUT2D eigenvalue weighted by atomic mass is 9.80. The molecule has 188 valence electrons. The number of hydrogen-bond acceptors (Lipinski definition) is 6. The molecule has 0 spiro atoms. The number of aryl methyl sites for hydroxylation is 1. The summed E-state index contributed by atoms with van der Waals surface area (Å²) in [5, 5.41) is 7.41. The predicted octanol–water partition coefficient (Wildman–Crippen LogP) is 4.94. The van der Waals surface area contributed by atoms with Crippen LogP contribution in [0.4, 0.5) is 10.6 Å². The van der Waals surface area contributed by atoms with E-state index in [1.165, 1.54) is 32.1 Å². The molecule has 1 amide bonds. The Kier molecular flexibility index (Phi) is 9.51. The zero-order valence-corrected chi connectivity index (χ0v) is 21.7. The fraction of sp³-hybridized carbons (Fsp3) is 0.667. The van der Waals surface area contributed by atoms with Gasteiger partial charge in [-0.05, 0) is 70.5 Å². The predicted molar refractivity (Wildman–Crippen MR) is 139 cm³/mol. The van der Waals surface area contributed by atoms with Crippen molar-refractivity contribution in [3.05, 3.63) is 30.1 Å². The third-order valence-electron chi connectivity index (χ3n) is 6.44. The van der Waals surface area contributed by atoms with E-state index >= 15 is 0 Å². The molecule has 0 saturated heterocycles. The third kappa shape index (κ3) is 8.42. The molecule has 0 unspecified atom stereocenters. The van der Waals surface area contributed by atoms with Crippen LogP contribution in [-0.4, -0.2) is 55.4 Å². The molecule has 2 aromatic rings. The Morgan fingerprint density at radius 3 is 2.47 bits per heavy atom. The summed E-state index contributed by atoms with van der Waals surface area (Å²) in [7, 11) is 4.09. The van der Waals surface area contributed by atoms with Crippen molar-refractivity contribution in [2.75, 3.05) is 38.6 Å². The van der Waals surface area contributed by atoms with Crippen LogP contribution < -0.4 is 15.5 Å². The van der Waals surface area contributed by atoms with Crippen LogP contribution in [0, 0.1) is 11.8 Å². The summed E-state index contributed by atoms with van der Waals surface area (Å²) in [5.74, 6) is 3.53. The average molecular weight is 470 g/mol. The fourth-order valence-corrected chi connectivity index (χ4v) is 4.71. The number of nitrogens with zero attached hydrogens (tertiary/aromatic N) is 3. The number of carbonyl (C=O) groups excluding carboxylic acids is 1. The molecule has 7 heteroatoms. The van der Waals surface area contributed by atoms with E-state index in [2.05, 4.69) is 27.7 Å². The van der Waals surface area contributed by atoms with Gasteiger partial charge in [0.15, 0.2) is 0 Å². The second-order valence-electron chi connectivity index (χ2n) is 10.8. The Hall–Kier alpha value is -2.41. The Balaban J connectivity index is 1.31. The number of para-hydroxylation sites is 1. The Bertz CT molecular complexity index is 917. The van der Waals surface area contributed by atoms with Gasteiger partial charge in [-0.2, -0.15) is 0 Å². The zero-order valence-electron chi connectivity index (χ0n) is 21.7. The van der Waals surface area contributed by atoms with E-state index in [-0.39, 0.29) is 6.09 Å². The van der Waals surface area contributed by atoms with Gasteiger partial charge >= 0.3 is 6.09 Å². The first kappa shape index (κ1) is 26.2. The molecule has 1 aromatic heterocycles. The third-order valence-corrected chi connectivity index (χ3v) is 6.44. The maximum absolute atomic E-state index is 11.7. The van der Waals surface area contributed by atoms with Gasteiger partial charge in [-0.15, -0.1) is 0 Å². The molecule has 7 nitrogen and oxygen atoms in total. The lowest BCUT2D eigenvalue weighted by Crippen LogP contribution is -2.37. The Morgan fingerprint density at radius 1 is 1.06 bits per heavy atom. The van der Waals surface area contributed by atoms with Crippen LogP contribution in [0.25, 0.3) is 10.9 Å². The lowest BCUT2D eigenvalue weighted by molar-refractivity contribution is 0.0528. The van der Waals surface area contributed by atoms with Crippen LogP contribution >= 0.6 is 0 Å². The highest BCUT2D eigenvalue weighted by atomic mass is 16.6. The van der Waals surface area contributed by atoms with Crippen LogP contribution in [0.1, 0.15) is 65.1 Å². The van der Waals surface area contributed by atoms with Crippen LogP contribution in [0.3, 0.4) is 0 Å². The van der Waals surface area contributed by atoms with Crippen molar-refractivity contribution in [2.24, 2.45) is 11.8 Å². The molecule has 1 aliphatic carbocycles. The normalized spacial score (nSPS) is 18.6. The van der Waals surface area contributed by atoms with Gasteiger partial charge in [-0.25, -0.2) is 14.8 Å². The van der Waals surface area contributed by atoms with E-state index in [0.29, 0.717) is 6.54 Å². The number of anilines is 1. The van der Waals surface area contributed by atoms with Crippen LogP contribution in [0.5, 0.6) is 0 Å². The number of alkyl carbamates (subject to hydrolysis) is 1. The van der Waals surface area contributed by atoms with Gasteiger partial charge in [0.2, 0.25) is 0 Å². The van der Waals surface area contributed by atoms with Crippen LogP contribution in [0.2, 0.25) is 0 Å². The molecule has 0 aliphatic heterocycles. The monoisotopic (exact) mass is 469 g/mol. The molecule has 0 atom stereocenters. The van der Waals surface area contributed by atoms with Gasteiger partial charge < -0.3 is 20.3 Å². The van der Waals surface area contributed by atoms with Gasteiger partial charge in [0.25, 0.3) is 0 Å². The SMILES string of the molecule is CN(C)c1nc(CCCC2CCC(CNCCNC(=O)OC(C)(C)C)CC2)nc2ccccc12. The van der Waals surface area contributed by atoms with Crippen molar-refractivity contribution in [3.63, 3.8) is 0 Å². The standard InChI is InChI=1S/C27H43N5O2/c1-27(2,3)34-26(33)29-18-17-28-19-21-15-13-20(14-16-21)9-8-12-24-30-23-11-7-6-10-22(23)25(31-24)32(4)5/h6-7,10-11,20-21,28H,8-9,12-19H2,1-5H3,(H,29,33). The molecule has 1 aromatic carbocycles. The summed E-state index contributed by atoms with van der Waals surface area (Å²) in [6.45, 7) is 8.02. The van der Waals surface area contributed by atoms with Crippen molar-refractivity contribution in [1.82, 2.24) is 20.6 Å². The molecule has 1 fully saturated rings. The molecule has 1 aliphatic rings. The van der Waals surface area contributed by atoms with Crippen LogP contribution in [0.15, 0.2) is 24.3 Å². The maximum atomic E-state index is 11.7. The number of nitrogens with one attached hydrogen (secondary N) is 2. The first-order chi connectivity index (χ1) is 16.2. The van der Waals surface area contributed by atoms with E-state index in [9.17, 15) is 4.79 Å². The van der Waals surface area contributed by atoms with E-state index in [0.717, 1.165) is 60.3 Å². The topological polar surface area (TPSA) is 79.4 Å². The minimum Gasteiger partial charge on any atom is -0.444 e. The molecule has 0 radical (unpaired) electrons. The van der Waals surface area contributed by atoms with Crippen molar-refractivity contribution >= 4 is 22.8 Å². The summed E-state index contributed by atoms with van der Waals surface area (Å²) < 4.78 is 5.25. The van der Waals surface area contributed by atoms with Gasteiger partial charge in [-0.1, -0.05) is 31.4 Å². The number of carbonyl (C=O) groups is 1.